The van der Waals surface area contributed by atoms with E-state index in [9.17, 15) is 0 Å². The lowest BCUT2D eigenvalue weighted by Crippen LogP contribution is -2.03. The number of thiazole rings is 1. The number of hydrogen-bond donors (Lipinski definition) is 0. The normalized spacial score (nSPS) is 11.2. The van der Waals surface area contributed by atoms with E-state index in [0.717, 1.165) is 16.5 Å². The first-order valence-electron chi connectivity index (χ1n) is 4.89. The SMILES string of the molecule is CCCSCc1nc(C(OC)OC)cs1. The van der Waals surface area contributed by atoms with Gasteiger partial charge in [-0.15, -0.1) is 11.3 Å². The topological polar surface area (TPSA) is 31.4 Å². The summed E-state index contributed by atoms with van der Waals surface area (Å²) in [6.45, 7) is 2.19. The molecule has 1 aromatic rings. The summed E-state index contributed by atoms with van der Waals surface area (Å²) in [5.74, 6) is 2.17. The molecule has 0 aromatic carbocycles. The zero-order valence-electron chi connectivity index (χ0n) is 9.36. The minimum atomic E-state index is -0.328. The summed E-state index contributed by atoms with van der Waals surface area (Å²) in [6.07, 6.45) is 0.882. The van der Waals surface area contributed by atoms with Crippen molar-refractivity contribution in [1.82, 2.24) is 4.98 Å². The number of ether oxygens (including phenoxy) is 2. The molecular formula is C10H17NO2S2. The molecule has 0 radical (unpaired) electrons. The van der Waals surface area contributed by atoms with Gasteiger partial charge < -0.3 is 9.47 Å². The average molecular weight is 247 g/mol. The van der Waals surface area contributed by atoms with E-state index >= 15 is 0 Å². The lowest BCUT2D eigenvalue weighted by Gasteiger charge is -2.09. The minimum Gasteiger partial charge on any atom is -0.350 e. The fourth-order valence-electron chi connectivity index (χ4n) is 1.14. The van der Waals surface area contributed by atoms with Gasteiger partial charge in [0.05, 0.1) is 0 Å². The third kappa shape index (κ3) is 4.10. The van der Waals surface area contributed by atoms with Gasteiger partial charge in [0.2, 0.25) is 6.29 Å². The van der Waals surface area contributed by atoms with Crippen LogP contribution in [0, 0.1) is 0 Å². The van der Waals surface area contributed by atoms with Gasteiger partial charge in [0.25, 0.3) is 0 Å². The van der Waals surface area contributed by atoms with Gasteiger partial charge in [0.15, 0.2) is 0 Å². The summed E-state index contributed by atoms with van der Waals surface area (Å²) >= 11 is 3.58. The van der Waals surface area contributed by atoms with E-state index in [2.05, 4.69) is 11.9 Å². The second-order valence-electron chi connectivity index (χ2n) is 3.02. The van der Waals surface area contributed by atoms with Crippen LogP contribution in [-0.2, 0) is 15.2 Å². The van der Waals surface area contributed by atoms with Gasteiger partial charge in [-0.3, -0.25) is 0 Å². The Morgan fingerprint density at radius 2 is 2.20 bits per heavy atom. The highest BCUT2D eigenvalue weighted by atomic mass is 32.2. The first kappa shape index (κ1) is 13.0. The maximum absolute atomic E-state index is 5.14. The molecule has 0 atom stereocenters. The van der Waals surface area contributed by atoms with E-state index in [4.69, 9.17) is 9.47 Å². The Bertz CT molecular complexity index is 274. The third-order valence-corrected chi connectivity index (χ3v) is 4.04. The Labute approximate surface area is 99.2 Å². The molecule has 0 fully saturated rings. The molecule has 0 aliphatic heterocycles. The van der Waals surface area contributed by atoms with E-state index < -0.39 is 0 Å². The average Bonchev–Trinajstić information content (AvgIpc) is 2.69. The third-order valence-electron chi connectivity index (χ3n) is 1.81. The van der Waals surface area contributed by atoms with Crippen LogP contribution in [0.4, 0.5) is 0 Å². The van der Waals surface area contributed by atoms with Crippen LogP contribution in [-0.4, -0.2) is 25.0 Å². The van der Waals surface area contributed by atoms with Crippen molar-refractivity contribution in [2.24, 2.45) is 0 Å². The monoisotopic (exact) mass is 247 g/mol. The number of thioether (sulfide) groups is 1. The summed E-state index contributed by atoms with van der Waals surface area (Å²) in [4.78, 5) is 4.47. The maximum atomic E-state index is 5.14. The smallest absolute Gasteiger partial charge is 0.201 e. The Balaban J connectivity index is 2.47. The van der Waals surface area contributed by atoms with Crippen LogP contribution in [0.5, 0.6) is 0 Å². The van der Waals surface area contributed by atoms with Gasteiger partial charge >= 0.3 is 0 Å². The molecule has 0 unspecified atom stereocenters. The van der Waals surface area contributed by atoms with Crippen LogP contribution in [0.15, 0.2) is 5.38 Å². The second-order valence-corrected chi connectivity index (χ2v) is 5.07. The number of methoxy groups -OCH3 is 2. The standard InChI is InChI=1S/C10H17NO2S2/c1-4-5-14-7-9-11-8(6-15-9)10(12-2)13-3/h6,10H,4-5,7H2,1-3H3. The molecule has 0 saturated carbocycles. The Morgan fingerprint density at radius 3 is 2.80 bits per heavy atom. The molecule has 1 aromatic heterocycles. The molecular weight excluding hydrogens is 230 g/mol. The predicted molar refractivity (Wildman–Crippen MR) is 65.3 cm³/mol. The lowest BCUT2D eigenvalue weighted by molar-refractivity contribution is -0.108. The van der Waals surface area contributed by atoms with Crippen LogP contribution in [0.3, 0.4) is 0 Å². The maximum Gasteiger partial charge on any atom is 0.201 e. The Hall–Kier alpha value is -0.100. The fourth-order valence-corrected chi connectivity index (χ4v) is 2.91. The largest absolute Gasteiger partial charge is 0.350 e. The molecule has 0 bridgehead atoms. The van der Waals surface area contributed by atoms with E-state index in [1.807, 2.05) is 17.1 Å². The zero-order chi connectivity index (χ0) is 11.1. The Kier molecular flexibility index (Phi) is 6.24. The van der Waals surface area contributed by atoms with Gasteiger partial charge in [-0.05, 0) is 12.2 Å². The molecule has 3 nitrogen and oxygen atoms in total. The molecule has 1 rings (SSSR count). The highest BCUT2D eigenvalue weighted by Crippen LogP contribution is 2.22. The number of aromatic nitrogens is 1. The summed E-state index contributed by atoms with van der Waals surface area (Å²) in [6, 6.07) is 0. The van der Waals surface area contributed by atoms with E-state index in [0.29, 0.717) is 0 Å². The van der Waals surface area contributed by atoms with Crippen LogP contribution in [0.2, 0.25) is 0 Å². The van der Waals surface area contributed by atoms with Crippen LogP contribution >= 0.6 is 23.1 Å². The molecule has 0 spiro atoms. The molecule has 15 heavy (non-hydrogen) atoms. The molecule has 86 valence electrons. The number of rotatable bonds is 7. The summed E-state index contributed by atoms with van der Waals surface area (Å²) < 4.78 is 10.3. The molecule has 5 heteroatoms. The molecule has 0 amide bonds. The fraction of sp³-hybridized carbons (Fsp3) is 0.700. The quantitative estimate of drug-likeness (QED) is 0.547. The predicted octanol–water partition coefficient (Wildman–Crippen LogP) is 3.08. The van der Waals surface area contributed by atoms with E-state index in [1.165, 1.54) is 12.2 Å². The van der Waals surface area contributed by atoms with Crippen molar-refractivity contribution in [2.45, 2.75) is 25.4 Å². The van der Waals surface area contributed by atoms with Crippen LogP contribution in [0.1, 0.15) is 30.3 Å². The summed E-state index contributed by atoms with van der Waals surface area (Å²) in [5, 5.41) is 3.14. The first-order valence-corrected chi connectivity index (χ1v) is 6.92. The zero-order valence-corrected chi connectivity index (χ0v) is 11.0. The van der Waals surface area contributed by atoms with E-state index in [-0.39, 0.29) is 6.29 Å². The van der Waals surface area contributed by atoms with Crippen molar-refractivity contribution in [3.05, 3.63) is 16.1 Å². The van der Waals surface area contributed by atoms with Crippen molar-refractivity contribution >= 4 is 23.1 Å². The highest BCUT2D eigenvalue weighted by molar-refractivity contribution is 7.98. The van der Waals surface area contributed by atoms with Crippen molar-refractivity contribution in [2.75, 3.05) is 20.0 Å². The minimum absolute atomic E-state index is 0.328. The highest BCUT2D eigenvalue weighted by Gasteiger charge is 2.12. The number of nitrogens with zero attached hydrogens (tertiary/aromatic N) is 1. The van der Waals surface area contributed by atoms with Gasteiger partial charge in [-0.1, -0.05) is 6.92 Å². The van der Waals surface area contributed by atoms with Crippen LogP contribution < -0.4 is 0 Å². The summed E-state index contributed by atoms with van der Waals surface area (Å²) in [5.41, 5.74) is 0.872. The van der Waals surface area contributed by atoms with Crippen molar-refractivity contribution in [1.29, 1.82) is 0 Å². The van der Waals surface area contributed by atoms with Gasteiger partial charge in [0.1, 0.15) is 10.7 Å². The summed E-state index contributed by atoms with van der Waals surface area (Å²) in [7, 11) is 3.25. The van der Waals surface area contributed by atoms with Crippen molar-refractivity contribution in [3.8, 4) is 0 Å². The van der Waals surface area contributed by atoms with E-state index in [1.54, 1.807) is 25.6 Å². The molecule has 0 aliphatic rings. The van der Waals surface area contributed by atoms with Gasteiger partial charge in [-0.2, -0.15) is 11.8 Å². The van der Waals surface area contributed by atoms with Crippen molar-refractivity contribution in [3.63, 3.8) is 0 Å². The lowest BCUT2D eigenvalue weighted by atomic mass is 10.5. The Morgan fingerprint density at radius 1 is 1.47 bits per heavy atom. The van der Waals surface area contributed by atoms with Gasteiger partial charge in [-0.25, -0.2) is 4.98 Å². The molecule has 1 heterocycles. The van der Waals surface area contributed by atoms with Crippen LogP contribution in [0.25, 0.3) is 0 Å². The molecule has 0 saturated heterocycles. The molecule has 0 N–H and O–H groups in total. The van der Waals surface area contributed by atoms with Gasteiger partial charge in [0, 0.05) is 25.4 Å². The van der Waals surface area contributed by atoms with Crippen molar-refractivity contribution < 1.29 is 9.47 Å². The molecule has 0 aliphatic carbocycles. The number of hydrogen-bond acceptors (Lipinski definition) is 5. The second kappa shape index (κ2) is 7.22. The first-order chi connectivity index (χ1) is 7.31.